The van der Waals surface area contributed by atoms with Crippen LogP contribution in [0.1, 0.15) is 12.2 Å². The van der Waals surface area contributed by atoms with Crippen LogP contribution in [0.25, 0.3) is 0 Å². The number of alkyl halides is 3. The molecule has 1 unspecified atom stereocenters. The zero-order chi connectivity index (χ0) is 19.0. The van der Waals surface area contributed by atoms with Crippen LogP contribution in [0.4, 0.5) is 36.4 Å². The number of hydrogen-bond acceptors (Lipinski definition) is 4. The predicted molar refractivity (Wildman–Crippen MR) is 70.3 cm³/mol. The number of nitrogens with zero attached hydrogens (tertiary/aromatic N) is 3. The normalized spacial score (nSPS) is 14.4. The summed E-state index contributed by atoms with van der Waals surface area (Å²) < 4.78 is 93.5. The molecule has 0 aliphatic rings. The lowest BCUT2D eigenvalue weighted by atomic mass is 9.97. The zero-order valence-corrected chi connectivity index (χ0v) is 12.5. The average molecular weight is 372 g/mol. The molecule has 0 saturated heterocycles. The van der Waals surface area contributed by atoms with Crippen LogP contribution in [-0.4, -0.2) is 32.4 Å². The molecule has 2 aromatic heterocycles. The van der Waals surface area contributed by atoms with Crippen LogP contribution in [-0.2, 0) is 12.6 Å². The summed E-state index contributed by atoms with van der Waals surface area (Å²) in [5.41, 5.74) is -4.77. The summed E-state index contributed by atoms with van der Waals surface area (Å²) in [6.07, 6.45) is -4.12. The zero-order valence-electron chi connectivity index (χ0n) is 12.5. The maximum atomic E-state index is 13.4. The Morgan fingerprint density at radius 1 is 1.12 bits per heavy atom. The lowest BCUT2D eigenvalue weighted by molar-refractivity contribution is -0.271. The standard InChI is InChI=1S/C13H11F7N4O/c1-24-5-4-22-11(24)12(25,13(18,19)20)2-3-21-8-6(14)9(16)23-10(17)7(8)15/h4-5,25H,2-3H2,1H3,(H,21,23). The van der Waals surface area contributed by atoms with Gasteiger partial charge >= 0.3 is 6.18 Å². The van der Waals surface area contributed by atoms with Gasteiger partial charge in [-0.2, -0.15) is 35.7 Å². The number of aromatic nitrogens is 3. The van der Waals surface area contributed by atoms with Crippen LogP contribution in [0.3, 0.4) is 0 Å². The van der Waals surface area contributed by atoms with Gasteiger partial charge in [-0.05, 0) is 0 Å². The molecule has 0 aliphatic heterocycles. The van der Waals surface area contributed by atoms with E-state index in [-0.39, 0.29) is 0 Å². The molecule has 0 radical (unpaired) electrons. The molecule has 2 heterocycles. The van der Waals surface area contributed by atoms with E-state index in [0.717, 1.165) is 17.0 Å². The highest BCUT2D eigenvalue weighted by Crippen LogP contribution is 2.40. The third-order valence-corrected chi connectivity index (χ3v) is 3.45. The Hall–Kier alpha value is -2.37. The van der Waals surface area contributed by atoms with Crippen molar-refractivity contribution in [2.75, 3.05) is 11.9 Å². The molecule has 12 heteroatoms. The fraction of sp³-hybridized carbons (Fsp3) is 0.385. The number of nitrogens with one attached hydrogen (secondary N) is 1. The van der Waals surface area contributed by atoms with Gasteiger partial charge in [-0.25, -0.2) is 4.98 Å². The Labute approximate surface area is 136 Å². The van der Waals surface area contributed by atoms with E-state index in [1.54, 1.807) is 5.32 Å². The molecule has 138 valence electrons. The molecule has 0 saturated carbocycles. The number of aryl methyl sites for hydroxylation is 1. The quantitative estimate of drug-likeness (QED) is 0.626. The first-order valence-electron chi connectivity index (χ1n) is 6.69. The number of pyridine rings is 1. The molecular formula is C13H11F7N4O. The van der Waals surface area contributed by atoms with Crippen LogP contribution < -0.4 is 5.32 Å². The Kier molecular flexibility index (Phi) is 4.93. The summed E-state index contributed by atoms with van der Waals surface area (Å²) in [6.45, 7) is -0.875. The molecule has 2 rings (SSSR count). The lowest BCUT2D eigenvalue weighted by Crippen LogP contribution is -2.45. The second-order valence-corrected chi connectivity index (χ2v) is 5.09. The van der Waals surface area contributed by atoms with Crippen molar-refractivity contribution in [3.63, 3.8) is 0 Å². The summed E-state index contributed by atoms with van der Waals surface area (Å²) in [4.78, 5) is 5.75. The van der Waals surface area contributed by atoms with Gasteiger partial charge in [-0.3, -0.25) is 0 Å². The number of hydrogen-bond donors (Lipinski definition) is 2. The van der Waals surface area contributed by atoms with Crippen LogP contribution in [0, 0.1) is 23.5 Å². The summed E-state index contributed by atoms with van der Waals surface area (Å²) >= 11 is 0. The Morgan fingerprint density at radius 3 is 2.12 bits per heavy atom. The molecule has 0 spiro atoms. The van der Waals surface area contributed by atoms with Gasteiger partial charge in [0.05, 0.1) is 0 Å². The molecule has 0 bridgehead atoms. The van der Waals surface area contributed by atoms with Crippen molar-refractivity contribution in [3.8, 4) is 0 Å². The molecule has 0 aliphatic carbocycles. The smallest absolute Gasteiger partial charge is 0.380 e. The third kappa shape index (κ3) is 3.38. The van der Waals surface area contributed by atoms with Gasteiger partial charge in [-0.15, -0.1) is 0 Å². The highest BCUT2D eigenvalue weighted by atomic mass is 19.4. The molecule has 0 amide bonds. The van der Waals surface area contributed by atoms with Crippen LogP contribution in [0.5, 0.6) is 0 Å². The van der Waals surface area contributed by atoms with E-state index < -0.39 is 59.8 Å². The monoisotopic (exact) mass is 372 g/mol. The van der Waals surface area contributed by atoms with Gasteiger partial charge in [-0.1, -0.05) is 0 Å². The van der Waals surface area contributed by atoms with Crippen molar-refractivity contribution >= 4 is 5.69 Å². The molecule has 2 N–H and O–H groups in total. The molecular weight excluding hydrogens is 361 g/mol. The van der Waals surface area contributed by atoms with Gasteiger partial charge in [0.1, 0.15) is 11.5 Å². The summed E-state index contributed by atoms with van der Waals surface area (Å²) in [5, 5.41) is 11.8. The second kappa shape index (κ2) is 6.50. The first kappa shape index (κ1) is 19.0. The van der Waals surface area contributed by atoms with Crippen LogP contribution >= 0.6 is 0 Å². The first-order chi connectivity index (χ1) is 11.5. The van der Waals surface area contributed by atoms with Crippen molar-refractivity contribution in [1.29, 1.82) is 0 Å². The van der Waals surface area contributed by atoms with E-state index in [9.17, 15) is 35.8 Å². The maximum absolute atomic E-state index is 13.4. The van der Waals surface area contributed by atoms with Gasteiger partial charge in [0.25, 0.3) is 11.9 Å². The molecule has 2 aromatic rings. The summed E-state index contributed by atoms with van der Waals surface area (Å²) in [5.74, 6) is -8.47. The molecule has 0 fully saturated rings. The van der Waals surface area contributed by atoms with E-state index in [1.807, 2.05) is 0 Å². The number of halogens is 7. The fourth-order valence-corrected chi connectivity index (χ4v) is 2.16. The van der Waals surface area contributed by atoms with Crippen molar-refractivity contribution in [2.24, 2.45) is 7.05 Å². The van der Waals surface area contributed by atoms with Crippen molar-refractivity contribution in [3.05, 3.63) is 41.7 Å². The van der Waals surface area contributed by atoms with E-state index in [1.165, 1.54) is 7.05 Å². The number of rotatable bonds is 5. The van der Waals surface area contributed by atoms with Gasteiger partial charge in [0, 0.05) is 32.4 Å². The summed E-state index contributed by atoms with van der Waals surface area (Å²) in [6, 6.07) is 0. The highest BCUT2D eigenvalue weighted by Gasteiger charge is 2.57. The first-order valence-corrected chi connectivity index (χ1v) is 6.69. The van der Waals surface area contributed by atoms with Gasteiger partial charge < -0.3 is 15.0 Å². The van der Waals surface area contributed by atoms with Gasteiger partial charge in [0.15, 0.2) is 0 Å². The van der Waals surface area contributed by atoms with E-state index in [0.29, 0.717) is 0 Å². The molecule has 5 nitrogen and oxygen atoms in total. The van der Waals surface area contributed by atoms with Crippen LogP contribution in [0.2, 0.25) is 0 Å². The Bertz CT molecular complexity index is 750. The molecule has 25 heavy (non-hydrogen) atoms. The van der Waals surface area contributed by atoms with Crippen molar-refractivity contribution < 1.29 is 35.8 Å². The summed E-state index contributed by atoms with van der Waals surface area (Å²) in [7, 11) is 1.21. The minimum atomic E-state index is -5.17. The lowest BCUT2D eigenvalue weighted by Gasteiger charge is -2.30. The average Bonchev–Trinajstić information content (AvgIpc) is 2.94. The molecule has 1 atom stereocenters. The topological polar surface area (TPSA) is 63.0 Å². The minimum absolute atomic E-state index is 0.755. The Morgan fingerprint density at radius 2 is 1.68 bits per heavy atom. The predicted octanol–water partition coefficient (Wildman–Crippen LogP) is 2.62. The third-order valence-electron chi connectivity index (χ3n) is 3.45. The van der Waals surface area contributed by atoms with E-state index in [2.05, 4.69) is 9.97 Å². The second-order valence-electron chi connectivity index (χ2n) is 5.09. The molecule has 0 aromatic carbocycles. The largest absolute Gasteiger partial charge is 0.424 e. The van der Waals surface area contributed by atoms with Gasteiger partial charge in [0.2, 0.25) is 17.2 Å². The SMILES string of the molecule is Cn1ccnc1C(O)(CCNc1c(F)c(F)nc(F)c1F)C(F)(F)F. The van der Waals surface area contributed by atoms with Crippen molar-refractivity contribution in [2.45, 2.75) is 18.2 Å². The number of anilines is 1. The number of aliphatic hydroxyl groups is 1. The van der Waals surface area contributed by atoms with Crippen LogP contribution in [0.15, 0.2) is 12.4 Å². The minimum Gasteiger partial charge on any atom is -0.380 e. The number of imidazole rings is 1. The Balaban J connectivity index is 2.26. The van der Waals surface area contributed by atoms with E-state index in [4.69, 9.17) is 0 Å². The van der Waals surface area contributed by atoms with Crippen molar-refractivity contribution in [1.82, 2.24) is 14.5 Å². The maximum Gasteiger partial charge on any atom is 0.424 e. The van der Waals surface area contributed by atoms with E-state index >= 15 is 0 Å². The highest BCUT2D eigenvalue weighted by molar-refractivity contribution is 5.45. The fourth-order valence-electron chi connectivity index (χ4n) is 2.16.